The highest BCUT2D eigenvalue weighted by Crippen LogP contribution is 2.26. The summed E-state index contributed by atoms with van der Waals surface area (Å²) in [5.74, 6) is 0.820. The molecule has 2 rings (SSSR count). The first kappa shape index (κ1) is 12.0. The van der Waals surface area contributed by atoms with Crippen LogP contribution in [0.3, 0.4) is 0 Å². The fourth-order valence-electron chi connectivity index (χ4n) is 1.95. The Morgan fingerprint density at radius 1 is 1.62 bits per heavy atom. The molecule has 1 N–H and O–H groups in total. The van der Waals surface area contributed by atoms with Gasteiger partial charge in [0.25, 0.3) is 0 Å². The number of rotatable bonds is 3. The second-order valence-electron chi connectivity index (χ2n) is 3.71. The van der Waals surface area contributed by atoms with E-state index in [4.69, 9.17) is 11.6 Å². The van der Waals surface area contributed by atoms with Crippen LogP contribution >= 0.6 is 23.4 Å². The van der Waals surface area contributed by atoms with Gasteiger partial charge in [0.2, 0.25) is 0 Å². The van der Waals surface area contributed by atoms with Gasteiger partial charge in [-0.05, 0) is 19.1 Å². The van der Waals surface area contributed by atoms with Gasteiger partial charge in [-0.2, -0.15) is 0 Å². The van der Waals surface area contributed by atoms with Crippen molar-refractivity contribution in [3.8, 4) is 0 Å². The molecule has 0 unspecified atom stereocenters. The molecular formula is C10H14ClN3OS. The maximum Gasteiger partial charge on any atom is 0.190 e. The predicted molar refractivity (Wildman–Crippen MR) is 66.3 cm³/mol. The Hall–Kier alpha value is -0.520. The summed E-state index contributed by atoms with van der Waals surface area (Å²) in [6.45, 7) is 1.09. The summed E-state index contributed by atoms with van der Waals surface area (Å²) < 4.78 is 0. The van der Waals surface area contributed by atoms with Crippen LogP contribution in [0, 0.1) is 0 Å². The molecule has 0 aliphatic carbocycles. The average molecular weight is 260 g/mol. The van der Waals surface area contributed by atoms with Crippen LogP contribution in [-0.4, -0.2) is 40.5 Å². The molecule has 1 fully saturated rings. The molecule has 0 bridgehead atoms. The Morgan fingerprint density at radius 2 is 2.44 bits per heavy atom. The van der Waals surface area contributed by atoms with Gasteiger partial charge in [0, 0.05) is 12.6 Å². The lowest BCUT2D eigenvalue weighted by Crippen LogP contribution is -2.32. The largest absolute Gasteiger partial charge is 0.394 e. The third kappa shape index (κ3) is 2.42. The minimum Gasteiger partial charge on any atom is -0.394 e. The van der Waals surface area contributed by atoms with Gasteiger partial charge < -0.3 is 10.0 Å². The molecule has 0 saturated carbocycles. The second-order valence-corrected chi connectivity index (χ2v) is 4.87. The number of thioether (sulfide) groups is 1. The van der Waals surface area contributed by atoms with Crippen LogP contribution in [0.1, 0.15) is 12.8 Å². The van der Waals surface area contributed by atoms with Crippen LogP contribution in [0.2, 0.25) is 5.15 Å². The fourth-order valence-corrected chi connectivity index (χ4v) is 2.55. The van der Waals surface area contributed by atoms with E-state index in [0.717, 1.165) is 25.2 Å². The highest BCUT2D eigenvalue weighted by Gasteiger charge is 2.25. The topological polar surface area (TPSA) is 49.2 Å². The van der Waals surface area contributed by atoms with Crippen molar-refractivity contribution in [3.63, 3.8) is 0 Å². The summed E-state index contributed by atoms with van der Waals surface area (Å²) in [5.41, 5.74) is 0. The zero-order valence-electron chi connectivity index (χ0n) is 9.06. The van der Waals surface area contributed by atoms with Crippen LogP contribution in [0.15, 0.2) is 11.2 Å². The molecule has 6 heteroatoms. The summed E-state index contributed by atoms with van der Waals surface area (Å²) >= 11 is 7.41. The first-order valence-corrected chi connectivity index (χ1v) is 6.81. The maximum atomic E-state index is 9.27. The van der Waals surface area contributed by atoms with E-state index in [0.29, 0.717) is 10.3 Å². The minimum absolute atomic E-state index is 0.163. The molecular weight excluding hydrogens is 246 g/mol. The Balaban J connectivity index is 2.28. The van der Waals surface area contributed by atoms with Gasteiger partial charge in [-0.25, -0.2) is 9.97 Å². The molecule has 0 amide bonds. The summed E-state index contributed by atoms with van der Waals surface area (Å²) in [6.07, 6.45) is 4.01. The third-order valence-electron chi connectivity index (χ3n) is 2.73. The number of hydrogen-bond acceptors (Lipinski definition) is 5. The monoisotopic (exact) mass is 259 g/mol. The highest BCUT2D eigenvalue weighted by molar-refractivity contribution is 7.98. The number of hydrogen-bond donors (Lipinski definition) is 1. The van der Waals surface area contributed by atoms with Crippen LogP contribution < -0.4 is 4.90 Å². The standard InChI is InChI=1S/C10H14ClN3OS/c1-16-10-12-8(11)5-9(13-10)14-4-2-3-7(14)6-15/h5,7,15H,2-4,6H2,1H3/t7-/m1/s1. The Labute approximate surface area is 104 Å². The Morgan fingerprint density at radius 3 is 3.12 bits per heavy atom. The Kier molecular flexibility index (Phi) is 3.89. The number of halogens is 1. The number of aliphatic hydroxyl groups is 1. The van der Waals surface area contributed by atoms with Crippen molar-refractivity contribution < 1.29 is 5.11 Å². The molecule has 0 spiro atoms. The lowest BCUT2D eigenvalue weighted by Gasteiger charge is -2.24. The first-order valence-electron chi connectivity index (χ1n) is 5.20. The molecule has 0 aromatic carbocycles. The zero-order chi connectivity index (χ0) is 11.5. The van der Waals surface area contributed by atoms with Crippen molar-refractivity contribution in [2.45, 2.75) is 24.0 Å². The summed E-state index contributed by atoms with van der Waals surface area (Å²) in [6, 6.07) is 1.93. The van der Waals surface area contributed by atoms with Gasteiger partial charge in [0.05, 0.1) is 12.6 Å². The number of anilines is 1. The van der Waals surface area contributed by atoms with E-state index in [1.165, 1.54) is 11.8 Å². The van der Waals surface area contributed by atoms with Crippen molar-refractivity contribution in [2.24, 2.45) is 0 Å². The van der Waals surface area contributed by atoms with E-state index in [-0.39, 0.29) is 12.6 Å². The van der Waals surface area contributed by atoms with Crippen LogP contribution in [0.5, 0.6) is 0 Å². The average Bonchev–Trinajstić information content (AvgIpc) is 2.76. The zero-order valence-corrected chi connectivity index (χ0v) is 10.6. The smallest absolute Gasteiger partial charge is 0.190 e. The van der Waals surface area contributed by atoms with Crippen LogP contribution in [0.4, 0.5) is 5.82 Å². The lowest BCUT2D eigenvalue weighted by molar-refractivity contribution is 0.266. The SMILES string of the molecule is CSc1nc(Cl)cc(N2CCC[C@@H]2CO)n1. The van der Waals surface area contributed by atoms with Crippen molar-refractivity contribution in [2.75, 3.05) is 24.3 Å². The fraction of sp³-hybridized carbons (Fsp3) is 0.600. The molecule has 1 atom stereocenters. The summed E-state index contributed by atoms with van der Waals surface area (Å²) in [7, 11) is 0. The molecule has 88 valence electrons. The second kappa shape index (κ2) is 5.21. The van der Waals surface area contributed by atoms with Crippen molar-refractivity contribution in [3.05, 3.63) is 11.2 Å². The van der Waals surface area contributed by atoms with Crippen molar-refractivity contribution in [1.29, 1.82) is 0 Å². The van der Waals surface area contributed by atoms with E-state index >= 15 is 0 Å². The number of nitrogens with zero attached hydrogens (tertiary/aromatic N) is 3. The minimum atomic E-state index is 0.163. The summed E-state index contributed by atoms with van der Waals surface area (Å²) in [4.78, 5) is 10.6. The maximum absolute atomic E-state index is 9.27. The number of aliphatic hydroxyl groups excluding tert-OH is 1. The highest BCUT2D eigenvalue weighted by atomic mass is 35.5. The van der Waals surface area contributed by atoms with Crippen molar-refractivity contribution >= 4 is 29.2 Å². The molecule has 0 radical (unpaired) electrons. The quantitative estimate of drug-likeness (QED) is 0.510. The van der Waals surface area contributed by atoms with E-state index < -0.39 is 0 Å². The third-order valence-corrected chi connectivity index (χ3v) is 3.47. The van der Waals surface area contributed by atoms with Gasteiger partial charge in [-0.3, -0.25) is 0 Å². The normalized spacial score (nSPS) is 20.4. The van der Waals surface area contributed by atoms with Crippen LogP contribution in [-0.2, 0) is 0 Å². The predicted octanol–water partition coefficient (Wildman–Crippen LogP) is 1.81. The van der Waals surface area contributed by atoms with Crippen LogP contribution in [0.25, 0.3) is 0 Å². The Bertz CT molecular complexity index is 377. The molecule has 2 heterocycles. The molecule has 1 saturated heterocycles. The van der Waals surface area contributed by atoms with Gasteiger partial charge in [0.1, 0.15) is 11.0 Å². The van der Waals surface area contributed by atoms with E-state index in [1.807, 2.05) is 6.26 Å². The molecule has 1 aliphatic heterocycles. The summed E-state index contributed by atoms with van der Waals surface area (Å²) in [5, 5.41) is 10.4. The molecule has 4 nitrogen and oxygen atoms in total. The van der Waals surface area contributed by atoms with E-state index in [1.54, 1.807) is 6.07 Å². The number of aromatic nitrogens is 2. The van der Waals surface area contributed by atoms with Gasteiger partial charge in [-0.15, -0.1) is 0 Å². The molecule has 1 aromatic rings. The lowest BCUT2D eigenvalue weighted by atomic mass is 10.2. The van der Waals surface area contributed by atoms with Gasteiger partial charge in [0.15, 0.2) is 5.16 Å². The van der Waals surface area contributed by atoms with Gasteiger partial charge >= 0.3 is 0 Å². The van der Waals surface area contributed by atoms with Crippen molar-refractivity contribution in [1.82, 2.24) is 9.97 Å². The van der Waals surface area contributed by atoms with Gasteiger partial charge in [-0.1, -0.05) is 23.4 Å². The van der Waals surface area contributed by atoms with E-state index in [2.05, 4.69) is 14.9 Å². The van der Waals surface area contributed by atoms with E-state index in [9.17, 15) is 5.11 Å². The molecule has 1 aromatic heterocycles. The molecule has 1 aliphatic rings. The molecule has 16 heavy (non-hydrogen) atoms. The first-order chi connectivity index (χ1) is 7.74.